The van der Waals surface area contributed by atoms with Crippen molar-refractivity contribution in [3.8, 4) is 5.75 Å². The summed E-state index contributed by atoms with van der Waals surface area (Å²) >= 11 is 12.8. The van der Waals surface area contributed by atoms with Crippen LogP contribution in [0.5, 0.6) is 5.75 Å². The normalized spacial score (nSPS) is 15.6. The summed E-state index contributed by atoms with van der Waals surface area (Å²) in [5.41, 5.74) is 4.73. The van der Waals surface area contributed by atoms with Gasteiger partial charge >= 0.3 is 0 Å². The van der Waals surface area contributed by atoms with Crippen LogP contribution in [-0.2, 0) is 0 Å². The maximum absolute atomic E-state index is 6.50. The summed E-state index contributed by atoms with van der Waals surface area (Å²) in [5, 5.41) is 1.48. The molecule has 0 N–H and O–H groups in total. The molecule has 0 spiro atoms. The van der Waals surface area contributed by atoms with E-state index in [1.807, 2.05) is 36.4 Å². The van der Waals surface area contributed by atoms with Crippen LogP contribution < -0.4 is 9.64 Å². The van der Waals surface area contributed by atoms with Gasteiger partial charge < -0.3 is 9.64 Å². The fraction of sp³-hybridized carbons (Fsp3) is 0.333. The van der Waals surface area contributed by atoms with E-state index < -0.39 is 0 Å². The van der Waals surface area contributed by atoms with Gasteiger partial charge in [-0.1, -0.05) is 65.7 Å². The Kier molecular flexibility index (Phi) is 7.62. The van der Waals surface area contributed by atoms with Crippen molar-refractivity contribution in [1.29, 1.82) is 0 Å². The lowest BCUT2D eigenvalue weighted by Gasteiger charge is -2.37. The van der Waals surface area contributed by atoms with Crippen molar-refractivity contribution < 1.29 is 4.74 Å². The van der Waals surface area contributed by atoms with E-state index in [1.165, 1.54) is 11.1 Å². The van der Waals surface area contributed by atoms with Gasteiger partial charge in [-0.3, -0.25) is 4.90 Å². The van der Waals surface area contributed by atoms with Gasteiger partial charge in [0.1, 0.15) is 11.9 Å². The zero-order valence-corrected chi connectivity index (χ0v) is 20.2. The van der Waals surface area contributed by atoms with Crippen molar-refractivity contribution in [3.63, 3.8) is 0 Å². The molecule has 5 heteroatoms. The molecule has 0 bridgehead atoms. The molecule has 0 amide bonds. The molecule has 3 aromatic carbocycles. The highest BCUT2D eigenvalue weighted by molar-refractivity contribution is 6.33. The molecular formula is C27H30Cl2N2O. The smallest absolute Gasteiger partial charge is 0.139 e. The average Bonchev–Trinajstić information content (AvgIpc) is 2.80. The van der Waals surface area contributed by atoms with Gasteiger partial charge in [0, 0.05) is 39.1 Å². The average molecular weight is 469 g/mol. The highest BCUT2D eigenvalue weighted by Crippen LogP contribution is 2.33. The minimum atomic E-state index is -0.0444. The van der Waals surface area contributed by atoms with Crippen molar-refractivity contribution in [3.05, 3.63) is 93.5 Å². The summed E-state index contributed by atoms with van der Waals surface area (Å²) < 4.78 is 6.50. The number of aryl methyl sites for hydroxylation is 2. The predicted molar refractivity (Wildman–Crippen MR) is 135 cm³/mol. The third kappa shape index (κ3) is 5.58. The SMILES string of the molecule is Cc1ccc(Cl)c(OC(CCN2CCN(c3ccccc3Cl)CC2)c2ccccc2C)c1. The molecule has 1 atom stereocenters. The summed E-state index contributed by atoms with van der Waals surface area (Å²) in [6, 6.07) is 22.5. The number of hydrogen-bond acceptors (Lipinski definition) is 3. The first-order chi connectivity index (χ1) is 15.5. The van der Waals surface area contributed by atoms with E-state index >= 15 is 0 Å². The minimum absolute atomic E-state index is 0.0444. The molecule has 0 aromatic heterocycles. The van der Waals surface area contributed by atoms with Crippen LogP contribution in [0, 0.1) is 13.8 Å². The molecule has 1 aliphatic rings. The number of para-hydroxylation sites is 1. The number of benzene rings is 3. The van der Waals surface area contributed by atoms with Gasteiger partial charge in [-0.25, -0.2) is 0 Å². The van der Waals surface area contributed by atoms with Gasteiger partial charge in [-0.2, -0.15) is 0 Å². The van der Waals surface area contributed by atoms with Crippen LogP contribution in [0.3, 0.4) is 0 Å². The fourth-order valence-electron chi connectivity index (χ4n) is 4.30. The van der Waals surface area contributed by atoms with E-state index in [-0.39, 0.29) is 6.10 Å². The number of anilines is 1. The van der Waals surface area contributed by atoms with Gasteiger partial charge in [-0.05, 0) is 54.8 Å². The Bertz CT molecular complexity index is 1050. The summed E-state index contributed by atoms with van der Waals surface area (Å²) in [5.74, 6) is 0.753. The van der Waals surface area contributed by atoms with Crippen LogP contribution in [0.1, 0.15) is 29.2 Å². The maximum atomic E-state index is 6.50. The first-order valence-corrected chi connectivity index (χ1v) is 12.0. The third-order valence-electron chi connectivity index (χ3n) is 6.16. The number of halogens is 2. The molecule has 3 aromatic rings. The highest BCUT2D eigenvalue weighted by atomic mass is 35.5. The molecule has 1 unspecified atom stereocenters. The van der Waals surface area contributed by atoms with E-state index in [2.05, 4.69) is 54.0 Å². The van der Waals surface area contributed by atoms with Crippen LogP contribution in [0.15, 0.2) is 66.7 Å². The number of nitrogens with zero attached hydrogens (tertiary/aromatic N) is 2. The largest absolute Gasteiger partial charge is 0.484 e. The molecule has 0 radical (unpaired) electrons. The van der Waals surface area contributed by atoms with E-state index in [1.54, 1.807) is 0 Å². The minimum Gasteiger partial charge on any atom is -0.484 e. The van der Waals surface area contributed by atoms with Crippen molar-refractivity contribution in [2.75, 3.05) is 37.6 Å². The van der Waals surface area contributed by atoms with Crippen molar-refractivity contribution in [2.45, 2.75) is 26.4 Å². The molecule has 32 heavy (non-hydrogen) atoms. The molecule has 0 aliphatic carbocycles. The van der Waals surface area contributed by atoms with Crippen LogP contribution in [0.25, 0.3) is 0 Å². The van der Waals surface area contributed by atoms with Gasteiger partial charge in [0.05, 0.1) is 15.7 Å². The molecule has 1 aliphatic heterocycles. The molecule has 3 nitrogen and oxygen atoms in total. The van der Waals surface area contributed by atoms with E-state index in [9.17, 15) is 0 Å². The topological polar surface area (TPSA) is 15.7 Å². The van der Waals surface area contributed by atoms with Crippen molar-refractivity contribution in [2.24, 2.45) is 0 Å². The predicted octanol–water partition coefficient (Wildman–Crippen LogP) is 6.94. The summed E-state index contributed by atoms with van der Waals surface area (Å²) in [6.07, 6.45) is 0.860. The second-order valence-corrected chi connectivity index (χ2v) is 9.28. The van der Waals surface area contributed by atoms with Gasteiger partial charge in [0.25, 0.3) is 0 Å². The zero-order valence-electron chi connectivity index (χ0n) is 18.7. The van der Waals surface area contributed by atoms with E-state index in [0.717, 1.165) is 61.2 Å². The number of hydrogen-bond donors (Lipinski definition) is 0. The second kappa shape index (κ2) is 10.6. The fourth-order valence-corrected chi connectivity index (χ4v) is 4.72. The molecule has 1 saturated heterocycles. The van der Waals surface area contributed by atoms with Crippen LogP contribution in [0.4, 0.5) is 5.69 Å². The third-order valence-corrected chi connectivity index (χ3v) is 6.80. The Labute approximate surface area is 201 Å². The van der Waals surface area contributed by atoms with Crippen molar-refractivity contribution in [1.82, 2.24) is 4.90 Å². The molecule has 168 valence electrons. The molecule has 0 saturated carbocycles. The van der Waals surface area contributed by atoms with Gasteiger partial charge in [0.15, 0.2) is 0 Å². The monoisotopic (exact) mass is 468 g/mol. The molecule has 4 rings (SSSR count). The Morgan fingerprint density at radius 1 is 0.844 bits per heavy atom. The van der Waals surface area contributed by atoms with Crippen LogP contribution in [0.2, 0.25) is 10.0 Å². The Morgan fingerprint density at radius 2 is 1.56 bits per heavy atom. The van der Waals surface area contributed by atoms with Gasteiger partial charge in [0.2, 0.25) is 0 Å². The second-order valence-electron chi connectivity index (χ2n) is 8.47. The van der Waals surface area contributed by atoms with Crippen LogP contribution >= 0.6 is 23.2 Å². The van der Waals surface area contributed by atoms with Crippen LogP contribution in [-0.4, -0.2) is 37.6 Å². The lowest BCUT2D eigenvalue weighted by Crippen LogP contribution is -2.47. The highest BCUT2D eigenvalue weighted by Gasteiger charge is 2.22. The standard InChI is InChI=1S/C27H30Cl2N2O/c1-20-11-12-24(29)27(19-20)32-26(22-8-4-3-7-21(22)2)13-14-30-15-17-31(18-16-30)25-10-6-5-9-23(25)28/h3-12,19,26H,13-18H2,1-2H3. The van der Waals surface area contributed by atoms with Crippen molar-refractivity contribution >= 4 is 28.9 Å². The lowest BCUT2D eigenvalue weighted by molar-refractivity contribution is 0.159. The first-order valence-electron chi connectivity index (χ1n) is 11.2. The summed E-state index contributed by atoms with van der Waals surface area (Å²) in [4.78, 5) is 4.89. The quantitative estimate of drug-likeness (QED) is 0.373. The molecule has 1 fully saturated rings. The first kappa shape index (κ1) is 23.0. The zero-order chi connectivity index (χ0) is 22.5. The summed E-state index contributed by atoms with van der Waals surface area (Å²) in [7, 11) is 0. The Balaban J connectivity index is 1.42. The Morgan fingerprint density at radius 3 is 2.31 bits per heavy atom. The Hall–Kier alpha value is -2.20. The molecular weight excluding hydrogens is 439 g/mol. The number of piperazine rings is 1. The number of rotatable bonds is 7. The molecule has 1 heterocycles. The summed E-state index contributed by atoms with van der Waals surface area (Å²) in [6.45, 7) is 9.15. The number of ether oxygens (including phenoxy) is 1. The van der Waals surface area contributed by atoms with E-state index in [0.29, 0.717) is 5.02 Å². The van der Waals surface area contributed by atoms with Gasteiger partial charge in [-0.15, -0.1) is 0 Å². The lowest BCUT2D eigenvalue weighted by atomic mass is 10.0. The maximum Gasteiger partial charge on any atom is 0.139 e. The van der Waals surface area contributed by atoms with E-state index in [4.69, 9.17) is 27.9 Å².